The highest BCUT2D eigenvalue weighted by atomic mass is 79.9. The topological polar surface area (TPSA) is 0 Å². The Labute approximate surface area is 97.6 Å². The van der Waals surface area contributed by atoms with Gasteiger partial charge in [0.1, 0.15) is 0 Å². The Bertz CT molecular complexity index is 189. The lowest BCUT2D eigenvalue weighted by Crippen LogP contribution is -1.83. The summed E-state index contributed by atoms with van der Waals surface area (Å²) in [5, 5.41) is 0.994. The largest absolute Gasteiger partial charge is 0.0883 e. The molecule has 0 bridgehead atoms. The van der Waals surface area contributed by atoms with Crippen molar-refractivity contribution >= 4 is 15.9 Å². The Morgan fingerprint density at radius 1 is 1.14 bits per heavy atom. The first-order chi connectivity index (χ1) is 6.74. The molecule has 0 amide bonds. The van der Waals surface area contributed by atoms with Gasteiger partial charge in [-0.05, 0) is 32.6 Å². The van der Waals surface area contributed by atoms with Gasteiger partial charge in [-0.2, -0.15) is 0 Å². The van der Waals surface area contributed by atoms with Crippen molar-refractivity contribution in [3.63, 3.8) is 0 Å². The first kappa shape index (κ1) is 14.0. The summed E-state index contributed by atoms with van der Waals surface area (Å²) in [7, 11) is 0. The van der Waals surface area contributed by atoms with Crippen LogP contribution in [-0.2, 0) is 0 Å². The number of allylic oxidation sites excluding steroid dienone is 4. The lowest BCUT2D eigenvalue weighted by atomic mass is 10.1. The zero-order chi connectivity index (χ0) is 10.8. The maximum atomic E-state index is 3.44. The van der Waals surface area contributed by atoms with Crippen LogP contribution in [0.3, 0.4) is 0 Å². The van der Waals surface area contributed by atoms with Crippen molar-refractivity contribution in [3.8, 4) is 0 Å². The Morgan fingerprint density at radius 2 is 1.86 bits per heavy atom. The third-order valence-corrected chi connectivity index (χ3v) is 2.75. The quantitative estimate of drug-likeness (QED) is 0.433. The fourth-order valence-electron chi connectivity index (χ4n) is 1.53. The third kappa shape index (κ3) is 7.37. The molecule has 0 spiro atoms. The van der Waals surface area contributed by atoms with Crippen LogP contribution in [-0.4, -0.2) is 5.33 Å². The van der Waals surface area contributed by atoms with E-state index in [1.165, 1.54) is 32.1 Å². The predicted octanol–water partition coefficient (Wildman–Crippen LogP) is 5.24. The highest BCUT2D eigenvalue weighted by Gasteiger charge is 1.93. The first-order valence-electron chi connectivity index (χ1n) is 5.64. The molecule has 0 aliphatic heterocycles. The molecule has 14 heavy (non-hydrogen) atoms. The van der Waals surface area contributed by atoms with E-state index < -0.39 is 0 Å². The van der Waals surface area contributed by atoms with E-state index in [2.05, 4.69) is 48.9 Å². The van der Waals surface area contributed by atoms with E-state index in [1.54, 1.807) is 11.1 Å². The molecule has 0 aliphatic carbocycles. The van der Waals surface area contributed by atoms with Crippen LogP contribution in [0.1, 0.15) is 52.9 Å². The Kier molecular flexibility index (Phi) is 9.49. The molecule has 0 aliphatic rings. The third-order valence-electron chi connectivity index (χ3n) is 2.42. The summed E-state index contributed by atoms with van der Waals surface area (Å²) in [5.74, 6) is 0. The van der Waals surface area contributed by atoms with Gasteiger partial charge >= 0.3 is 0 Å². The van der Waals surface area contributed by atoms with Crippen LogP contribution >= 0.6 is 15.9 Å². The van der Waals surface area contributed by atoms with Crippen molar-refractivity contribution in [2.24, 2.45) is 0 Å². The van der Waals surface area contributed by atoms with Crippen LogP contribution in [0, 0.1) is 0 Å². The van der Waals surface area contributed by atoms with E-state index in [0.717, 1.165) is 5.33 Å². The lowest BCUT2D eigenvalue weighted by molar-refractivity contribution is 0.865. The maximum Gasteiger partial charge on any atom is 0.0214 e. The highest BCUT2D eigenvalue weighted by Crippen LogP contribution is 2.13. The van der Waals surface area contributed by atoms with Crippen molar-refractivity contribution in [1.29, 1.82) is 0 Å². The summed E-state index contributed by atoms with van der Waals surface area (Å²) in [5.41, 5.74) is 3.12. The summed E-state index contributed by atoms with van der Waals surface area (Å²) in [6, 6.07) is 0. The average Bonchev–Trinajstić information content (AvgIpc) is 2.17. The molecule has 0 heterocycles. The van der Waals surface area contributed by atoms with Gasteiger partial charge in [0.15, 0.2) is 0 Å². The molecule has 0 aromatic rings. The van der Waals surface area contributed by atoms with E-state index in [4.69, 9.17) is 0 Å². The summed E-state index contributed by atoms with van der Waals surface area (Å²) >= 11 is 3.44. The van der Waals surface area contributed by atoms with Crippen LogP contribution in [0.15, 0.2) is 23.3 Å². The van der Waals surface area contributed by atoms with Crippen LogP contribution in [0.4, 0.5) is 0 Å². The molecule has 0 saturated heterocycles. The van der Waals surface area contributed by atoms with Crippen molar-refractivity contribution in [2.75, 3.05) is 5.33 Å². The molecule has 0 unspecified atom stereocenters. The minimum Gasteiger partial charge on any atom is -0.0883 e. The van der Waals surface area contributed by atoms with Gasteiger partial charge < -0.3 is 0 Å². The molecule has 0 atom stereocenters. The predicted molar refractivity (Wildman–Crippen MR) is 70.1 cm³/mol. The fraction of sp³-hybridized carbons (Fsp3) is 0.692. The zero-order valence-corrected chi connectivity index (χ0v) is 11.4. The summed E-state index contributed by atoms with van der Waals surface area (Å²) < 4.78 is 0. The number of halogens is 1. The Hall–Kier alpha value is -0.0400. The van der Waals surface area contributed by atoms with Gasteiger partial charge in [0.25, 0.3) is 0 Å². The zero-order valence-electron chi connectivity index (χ0n) is 9.78. The minimum absolute atomic E-state index is 0.994. The van der Waals surface area contributed by atoms with Crippen LogP contribution in [0.2, 0.25) is 0 Å². The van der Waals surface area contributed by atoms with Gasteiger partial charge in [0, 0.05) is 5.33 Å². The number of hydrogen-bond donors (Lipinski definition) is 0. The normalized spacial score (nSPS) is 13.4. The molecule has 0 radical (unpaired) electrons. The smallest absolute Gasteiger partial charge is 0.0214 e. The number of rotatable bonds is 7. The summed E-state index contributed by atoms with van der Waals surface area (Å²) in [4.78, 5) is 0. The Morgan fingerprint density at radius 3 is 2.36 bits per heavy atom. The molecule has 0 N–H and O–H groups in total. The van der Waals surface area contributed by atoms with E-state index in [-0.39, 0.29) is 0 Å². The molecule has 0 fully saturated rings. The van der Waals surface area contributed by atoms with E-state index >= 15 is 0 Å². The van der Waals surface area contributed by atoms with Gasteiger partial charge in [-0.15, -0.1) is 0 Å². The molecule has 1 heteroatoms. The maximum absolute atomic E-state index is 3.44. The van der Waals surface area contributed by atoms with E-state index in [9.17, 15) is 0 Å². The van der Waals surface area contributed by atoms with Crippen molar-refractivity contribution in [3.05, 3.63) is 23.3 Å². The molecule has 0 rings (SSSR count). The second-order valence-corrected chi connectivity index (χ2v) is 4.36. The van der Waals surface area contributed by atoms with Gasteiger partial charge in [0.05, 0.1) is 0 Å². The van der Waals surface area contributed by atoms with E-state index in [1.807, 2.05) is 0 Å². The molecule has 0 aromatic carbocycles. The van der Waals surface area contributed by atoms with Crippen molar-refractivity contribution < 1.29 is 0 Å². The summed E-state index contributed by atoms with van der Waals surface area (Å²) in [6.45, 7) is 6.71. The molecular formula is C13H23Br. The molecule has 0 saturated carbocycles. The standard InChI is InChI=1S/C13H23Br/c1-4-7-12(3)8-6-9-13(5-2)10-11-14/h8,10H,4-7,9,11H2,1-3H3. The number of alkyl halides is 1. The van der Waals surface area contributed by atoms with Crippen molar-refractivity contribution in [2.45, 2.75) is 52.9 Å². The van der Waals surface area contributed by atoms with Gasteiger partial charge in [-0.3, -0.25) is 0 Å². The monoisotopic (exact) mass is 258 g/mol. The molecule has 0 nitrogen and oxygen atoms in total. The molecular weight excluding hydrogens is 236 g/mol. The van der Waals surface area contributed by atoms with Crippen LogP contribution in [0.25, 0.3) is 0 Å². The number of hydrogen-bond acceptors (Lipinski definition) is 0. The van der Waals surface area contributed by atoms with Gasteiger partial charge in [-0.1, -0.05) is 59.5 Å². The average molecular weight is 259 g/mol. The van der Waals surface area contributed by atoms with Gasteiger partial charge in [-0.25, -0.2) is 0 Å². The van der Waals surface area contributed by atoms with Crippen LogP contribution in [0.5, 0.6) is 0 Å². The second kappa shape index (κ2) is 9.51. The van der Waals surface area contributed by atoms with Crippen molar-refractivity contribution in [1.82, 2.24) is 0 Å². The van der Waals surface area contributed by atoms with Gasteiger partial charge in [0.2, 0.25) is 0 Å². The summed E-state index contributed by atoms with van der Waals surface area (Å²) in [6.07, 6.45) is 10.8. The molecule has 0 aromatic heterocycles. The lowest BCUT2D eigenvalue weighted by Gasteiger charge is -2.02. The molecule has 82 valence electrons. The first-order valence-corrected chi connectivity index (χ1v) is 6.76. The Balaban J connectivity index is 3.81. The minimum atomic E-state index is 0.994. The highest BCUT2D eigenvalue weighted by molar-refractivity contribution is 9.09. The SMILES string of the molecule is CCCC(C)=CCCC(=CCBr)CC. The fourth-order valence-corrected chi connectivity index (χ4v) is 1.99. The second-order valence-electron chi connectivity index (χ2n) is 3.71. The van der Waals surface area contributed by atoms with E-state index in [0.29, 0.717) is 0 Å². The van der Waals surface area contributed by atoms with Crippen LogP contribution < -0.4 is 0 Å².